The SMILES string of the molecule is O=c1c(/C=c2/sc3n(c2=O)[C@H](c2ccc(Cl)cc2)C2=C(N=3)/C(=C/c3ccc(Cl)cc3)CCC2)coc2ccc(Br)cc12. The van der Waals surface area contributed by atoms with E-state index in [4.69, 9.17) is 32.6 Å². The van der Waals surface area contributed by atoms with Crippen LogP contribution in [-0.4, -0.2) is 4.57 Å². The first kappa shape index (κ1) is 27.3. The Kier molecular flexibility index (Phi) is 7.14. The molecule has 3 aromatic carbocycles. The highest BCUT2D eigenvalue weighted by atomic mass is 79.9. The number of hydrogen-bond donors (Lipinski definition) is 0. The lowest BCUT2D eigenvalue weighted by molar-refractivity contribution is 0.553. The minimum Gasteiger partial charge on any atom is -0.463 e. The first-order chi connectivity index (χ1) is 20.4. The van der Waals surface area contributed by atoms with Crippen molar-refractivity contribution in [2.24, 2.45) is 4.99 Å². The molecule has 208 valence electrons. The van der Waals surface area contributed by atoms with Gasteiger partial charge in [-0.15, -0.1) is 0 Å². The van der Waals surface area contributed by atoms with E-state index < -0.39 is 0 Å². The molecule has 1 aliphatic carbocycles. The van der Waals surface area contributed by atoms with Crippen molar-refractivity contribution in [2.75, 3.05) is 0 Å². The van der Waals surface area contributed by atoms with Crippen molar-refractivity contribution < 1.29 is 4.42 Å². The van der Waals surface area contributed by atoms with Gasteiger partial charge in [0.15, 0.2) is 10.2 Å². The number of benzene rings is 3. The molecule has 0 bridgehead atoms. The van der Waals surface area contributed by atoms with E-state index in [0.29, 0.717) is 35.9 Å². The molecule has 0 spiro atoms. The number of aromatic nitrogens is 1. The smallest absolute Gasteiger partial charge is 0.271 e. The summed E-state index contributed by atoms with van der Waals surface area (Å²) in [5, 5.41) is 1.75. The topological polar surface area (TPSA) is 64.6 Å². The van der Waals surface area contributed by atoms with Crippen LogP contribution in [0, 0.1) is 0 Å². The van der Waals surface area contributed by atoms with Gasteiger partial charge < -0.3 is 4.42 Å². The third-order valence-corrected chi connectivity index (χ3v) is 9.56. The van der Waals surface area contributed by atoms with Crippen molar-refractivity contribution in [1.82, 2.24) is 4.57 Å². The van der Waals surface area contributed by atoms with Gasteiger partial charge in [0, 0.05) is 14.5 Å². The number of thiazole rings is 1. The fraction of sp³-hybridized carbons (Fsp3) is 0.121. The van der Waals surface area contributed by atoms with E-state index in [0.717, 1.165) is 51.7 Å². The number of rotatable bonds is 3. The molecule has 9 heteroatoms. The van der Waals surface area contributed by atoms with Gasteiger partial charge in [0.05, 0.1) is 27.2 Å². The van der Waals surface area contributed by atoms with Crippen molar-refractivity contribution >= 4 is 73.6 Å². The third kappa shape index (κ3) is 4.94. The highest BCUT2D eigenvalue weighted by Crippen LogP contribution is 2.41. The van der Waals surface area contributed by atoms with Gasteiger partial charge >= 0.3 is 0 Å². The molecule has 3 heterocycles. The zero-order chi connectivity index (χ0) is 29.0. The van der Waals surface area contributed by atoms with E-state index in [1.165, 1.54) is 17.6 Å². The summed E-state index contributed by atoms with van der Waals surface area (Å²) in [5.74, 6) is 0. The maximum absolute atomic E-state index is 14.0. The number of allylic oxidation sites excluding steroid dienone is 2. The van der Waals surface area contributed by atoms with Crippen LogP contribution in [0.1, 0.15) is 42.0 Å². The van der Waals surface area contributed by atoms with Crippen LogP contribution in [-0.2, 0) is 0 Å². The Labute approximate surface area is 262 Å². The summed E-state index contributed by atoms with van der Waals surface area (Å²) in [5.41, 5.74) is 5.51. The molecule has 0 N–H and O–H groups in total. The number of halogens is 3. The molecule has 0 unspecified atom stereocenters. The van der Waals surface area contributed by atoms with Crippen LogP contribution < -0.4 is 20.3 Å². The Bertz CT molecular complexity index is 2190. The van der Waals surface area contributed by atoms with Gasteiger partial charge in [-0.2, -0.15) is 0 Å². The summed E-state index contributed by atoms with van der Waals surface area (Å²) in [6, 6.07) is 20.3. The predicted octanol–water partition coefficient (Wildman–Crippen LogP) is 7.66. The fourth-order valence-corrected chi connectivity index (χ4v) is 7.23. The minimum absolute atomic E-state index is 0.201. The molecule has 5 aromatic rings. The molecule has 5 nitrogen and oxygen atoms in total. The summed E-state index contributed by atoms with van der Waals surface area (Å²) in [7, 11) is 0. The van der Waals surface area contributed by atoms with Crippen molar-refractivity contribution in [3.63, 3.8) is 0 Å². The molecule has 7 rings (SSSR count). The van der Waals surface area contributed by atoms with E-state index in [1.54, 1.807) is 22.8 Å². The summed E-state index contributed by atoms with van der Waals surface area (Å²) < 4.78 is 8.67. The molecular weight excluding hydrogens is 655 g/mol. The van der Waals surface area contributed by atoms with Gasteiger partial charge in [0.1, 0.15) is 11.8 Å². The van der Waals surface area contributed by atoms with E-state index in [2.05, 4.69) is 22.0 Å². The lowest BCUT2D eigenvalue weighted by atomic mass is 9.84. The van der Waals surface area contributed by atoms with Gasteiger partial charge in [-0.05, 0) is 96.2 Å². The van der Waals surface area contributed by atoms with Gasteiger partial charge in [-0.1, -0.05) is 74.7 Å². The monoisotopic (exact) mass is 674 g/mol. The van der Waals surface area contributed by atoms with Crippen LogP contribution in [0.3, 0.4) is 0 Å². The molecule has 1 atom stereocenters. The standard InChI is InChI=1S/C33H21BrCl2N2O3S/c34-22-8-13-27-26(16-22)31(39)21(17-41-27)15-28-32(40)38-30(19-6-11-24(36)12-7-19)25-3-1-2-20(29(25)37-33(38)42-28)14-18-4-9-23(35)10-5-18/h4-17,30H,1-3H2/b20-14+,28-15+/t30-/m1/s1. The average Bonchev–Trinajstić information content (AvgIpc) is 3.30. The van der Waals surface area contributed by atoms with Gasteiger partial charge in [-0.3, -0.25) is 14.2 Å². The molecule has 42 heavy (non-hydrogen) atoms. The molecule has 2 aromatic heterocycles. The Morgan fingerprint density at radius 3 is 2.45 bits per heavy atom. The van der Waals surface area contributed by atoms with Crippen molar-refractivity contribution in [1.29, 1.82) is 0 Å². The maximum Gasteiger partial charge on any atom is 0.271 e. The van der Waals surface area contributed by atoms with E-state index in [-0.39, 0.29) is 17.0 Å². The largest absolute Gasteiger partial charge is 0.463 e. The molecule has 0 saturated carbocycles. The Balaban J connectivity index is 1.44. The molecule has 1 aliphatic heterocycles. The van der Waals surface area contributed by atoms with Gasteiger partial charge in [0.2, 0.25) is 0 Å². The zero-order valence-corrected chi connectivity index (χ0v) is 25.9. The van der Waals surface area contributed by atoms with Crippen LogP contribution in [0.15, 0.2) is 113 Å². The molecule has 0 saturated heterocycles. The van der Waals surface area contributed by atoms with E-state index in [9.17, 15) is 9.59 Å². The number of hydrogen-bond acceptors (Lipinski definition) is 5. The van der Waals surface area contributed by atoms with Crippen molar-refractivity contribution in [3.8, 4) is 0 Å². The normalized spacial score (nSPS) is 17.8. The first-order valence-electron chi connectivity index (χ1n) is 13.3. The van der Waals surface area contributed by atoms with Crippen molar-refractivity contribution in [2.45, 2.75) is 25.3 Å². The van der Waals surface area contributed by atoms with Crippen LogP contribution in [0.5, 0.6) is 0 Å². The second-order valence-electron chi connectivity index (χ2n) is 10.2. The lowest BCUT2D eigenvalue weighted by Gasteiger charge is -2.31. The second kappa shape index (κ2) is 11.0. The second-order valence-corrected chi connectivity index (χ2v) is 13.0. The molecular formula is C33H21BrCl2N2O3S. The summed E-state index contributed by atoms with van der Waals surface area (Å²) in [6.45, 7) is 0. The summed E-state index contributed by atoms with van der Waals surface area (Å²) >= 11 is 17.1. The maximum atomic E-state index is 14.0. The predicted molar refractivity (Wildman–Crippen MR) is 173 cm³/mol. The van der Waals surface area contributed by atoms with Crippen molar-refractivity contribution in [3.05, 3.63) is 151 Å². The van der Waals surface area contributed by atoms with Crippen LogP contribution >= 0.6 is 50.5 Å². The highest BCUT2D eigenvalue weighted by Gasteiger charge is 2.32. The lowest BCUT2D eigenvalue weighted by Crippen LogP contribution is -2.39. The van der Waals surface area contributed by atoms with Gasteiger partial charge in [-0.25, -0.2) is 4.99 Å². The number of nitrogens with zero attached hydrogens (tertiary/aromatic N) is 2. The van der Waals surface area contributed by atoms with E-state index in [1.807, 2.05) is 54.6 Å². The van der Waals surface area contributed by atoms with Crippen LogP contribution in [0.25, 0.3) is 23.1 Å². The molecule has 0 fully saturated rings. The summed E-state index contributed by atoms with van der Waals surface area (Å²) in [4.78, 5) is 33.0. The number of fused-ring (bicyclic) bond motifs is 2. The highest BCUT2D eigenvalue weighted by molar-refractivity contribution is 9.10. The quantitative estimate of drug-likeness (QED) is 0.197. The Morgan fingerprint density at radius 1 is 0.952 bits per heavy atom. The molecule has 2 aliphatic rings. The fourth-order valence-electron chi connectivity index (χ4n) is 5.62. The zero-order valence-electron chi connectivity index (χ0n) is 21.9. The molecule has 0 amide bonds. The molecule has 0 radical (unpaired) electrons. The first-order valence-corrected chi connectivity index (χ1v) is 15.7. The Hall–Kier alpha value is -3.49. The third-order valence-electron chi connectivity index (χ3n) is 7.58. The Morgan fingerprint density at radius 2 is 1.69 bits per heavy atom. The van der Waals surface area contributed by atoms with Crippen LogP contribution in [0.4, 0.5) is 0 Å². The average molecular weight is 676 g/mol. The van der Waals surface area contributed by atoms with Crippen LogP contribution in [0.2, 0.25) is 10.0 Å². The van der Waals surface area contributed by atoms with Gasteiger partial charge in [0.25, 0.3) is 5.56 Å². The minimum atomic E-state index is -0.339. The van der Waals surface area contributed by atoms with E-state index >= 15 is 0 Å². The summed E-state index contributed by atoms with van der Waals surface area (Å²) in [6.07, 6.45) is 7.81.